The zero-order chi connectivity index (χ0) is 12.3. The predicted molar refractivity (Wildman–Crippen MR) is 66.1 cm³/mol. The summed E-state index contributed by atoms with van der Waals surface area (Å²) in [6, 6.07) is -0.127. The summed E-state index contributed by atoms with van der Waals surface area (Å²) in [5, 5.41) is 0. The highest BCUT2D eigenvalue weighted by molar-refractivity contribution is 7.89. The molecule has 0 radical (unpaired) electrons. The number of sulfonamides is 1. The molecule has 0 amide bonds. The van der Waals surface area contributed by atoms with Crippen molar-refractivity contribution in [3.05, 3.63) is 0 Å². The molecule has 17 heavy (non-hydrogen) atoms. The highest BCUT2D eigenvalue weighted by atomic mass is 32.2. The number of nitrogens with one attached hydrogen (secondary N) is 1. The Morgan fingerprint density at radius 2 is 1.94 bits per heavy atom. The van der Waals surface area contributed by atoms with E-state index in [1.165, 1.54) is 0 Å². The number of hydrogen-bond donors (Lipinski definition) is 2. The summed E-state index contributed by atoms with van der Waals surface area (Å²) in [6.07, 6.45) is 5.60. The van der Waals surface area contributed by atoms with E-state index in [2.05, 4.69) is 4.72 Å². The van der Waals surface area contributed by atoms with Crippen LogP contribution in [0.15, 0.2) is 0 Å². The van der Waals surface area contributed by atoms with Crippen LogP contribution in [0, 0.1) is 0 Å². The third-order valence-corrected chi connectivity index (χ3v) is 5.05. The van der Waals surface area contributed by atoms with Gasteiger partial charge in [0.05, 0.1) is 11.9 Å². The van der Waals surface area contributed by atoms with Crippen molar-refractivity contribution in [3.8, 4) is 0 Å². The van der Waals surface area contributed by atoms with E-state index >= 15 is 0 Å². The van der Waals surface area contributed by atoms with Gasteiger partial charge in [-0.2, -0.15) is 0 Å². The van der Waals surface area contributed by atoms with Crippen molar-refractivity contribution in [2.24, 2.45) is 5.73 Å². The highest BCUT2D eigenvalue weighted by Gasteiger charge is 2.29. The van der Waals surface area contributed by atoms with E-state index in [4.69, 9.17) is 10.5 Å². The molecule has 1 aliphatic heterocycles. The van der Waals surface area contributed by atoms with Gasteiger partial charge in [-0.1, -0.05) is 12.8 Å². The Bertz CT molecular complexity index is 339. The third kappa shape index (κ3) is 3.91. The standard InChI is InChI=1S/C11H22N2O3S/c12-10-5-1-2-6-11(10)13-17(14,15)8-9-4-3-7-16-9/h9-11,13H,1-8,12H2. The molecule has 2 rings (SSSR count). The van der Waals surface area contributed by atoms with Crippen LogP contribution < -0.4 is 10.5 Å². The number of hydrogen-bond acceptors (Lipinski definition) is 4. The second-order valence-corrected chi connectivity index (χ2v) is 6.89. The Morgan fingerprint density at radius 3 is 2.59 bits per heavy atom. The van der Waals surface area contributed by atoms with E-state index in [1.807, 2.05) is 0 Å². The smallest absolute Gasteiger partial charge is 0.214 e. The summed E-state index contributed by atoms with van der Waals surface area (Å²) < 4.78 is 32.0. The molecule has 3 N–H and O–H groups in total. The van der Waals surface area contributed by atoms with Gasteiger partial charge >= 0.3 is 0 Å². The van der Waals surface area contributed by atoms with Crippen LogP contribution in [0.25, 0.3) is 0 Å². The van der Waals surface area contributed by atoms with Gasteiger partial charge in [-0.05, 0) is 25.7 Å². The Balaban J connectivity index is 1.87. The second-order valence-electron chi connectivity index (χ2n) is 5.09. The maximum absolute atomic E-state index is 12.0. The van der Waals surface area contributed by atoms with Gasteiger partial charge in [0.1, 0.15) is 0 Å². The molecule has 0 bridgehead atoms. The first kappa shape index (κ1) is 13.3. The first-order valence-corrected chi connectivity index (χ1v) is 8.09. The second kappa shape index (κ2) is 5.65. The van der Waals surface area contributed by atoms with Gasteiger partial charge < -0.3 is 10.5 Å². The van der Waals surface area contributed by atoms with Crippen LogP contribution in [0.1, 0.15) is 38.5 Å². The number of ether oxygens (including phenoxy) is 1. The van der Waals surface area contributed by atoms with Gasteiger partial charge in [-0.25, -0.2) is 13.1 Å². The largest absolute Gasteiger partial charge is 0.377 e. The lowest BCUT2D eigenvalue weighted by molar-refractivity contribution is 0.127. The monoisotopic (exact) mass is 262 g/mol. The average molecular weight is 262 g/mol. The van der Waals surface area contributed by atoms with E-state index in [-0.39, 0.29) is 23.9 Å². The summed E-state index contributed by atoms with van der Waals surface area (Å²) in [5.74, 6) is 0.0796. The maximum atomic E-state index is 12.0. The Morgan fingerprint density at radius 1 is 1.18 bits per heavy atom. The van der Waals surface area contributed by atoms with Crippen molar-refractivity contribution in [1.82, 2.24) is 4.72 Å². The minimum atomic E-state index is -3.25. The molecule has 0 spiro atoms. The summed E-state index contributed by atoms with van der Waals surface area (Å²) in [7, 11) is -3.25. The van der Waals surface area contributed by atoms with Crippen molar-refractivity contribution < 1.29 is 13.2 Å². The lowest BCUT2D eigenvalue weighted by Gasteiger charge is -2.29. The predicted octanol–water partition coefficient (Wildman–Crippen LogP) is 0.355. The molecule has 1 aliphatic carbocycles. The molecule has 5 nitrogen and oxygen atoms in total. The van der Waals surface area contributed by atoms with Gasteiger partial charge in [0.15, 0.2) is 0 Å². The minimum Gasteiger partial charge on any atom is -0.377 e. The van der Waals surface area contributed by atoms with E-state index in [9.17, 15) is 8.42 Å². The number of rotatable bonds is 4. The van der Waals surface area contributed by atoms with E-state index in [1.54, 1.807) is 0 Å². The van der Waals surface area contributed by atoms with Crippen molar-refractivity contribution in [2.45, 2.75) is 56.7 Å². The summed E-state index contributed by atoms with van der Waals surface area (Å²) in [5.41, 5.74) is 5.94. The van der Waals surface area contributed by atoms with Crippen molar-refractivity contribution in [3.63, 3.8) is 0 Å². The lowest BCUT2D eigenvalue weighted by atomic mass is 9.92. The van der Waals surface area contributed by atoms with Gasteiger partial charge in [0.2, 0.25) is 10.0 Å². The molecule has 1 saturated heterocycles. The Labute approximate surface area is 103 Å². The molecule has 1 saturated carbocycles. The molecule has 3 unspecified atom stereocenters. The molecule has 2 aliphatic rings. The van der Waals surface area contributed by atoms with E-state index in [0.717, 1.165) is 38.5 Å². The maximum Gasteiger partial charge on any atom is 0.214 e. The quantitative estimate of drug-likeness (QED) is 0.766. The average Bonchev–Trinajstić information content (AvgIpc) is 2.73. The normalized spacial score (nSPS) is 35.0. The zero-order valence-electron chi connectivity index (χ0n) is 10.1. The molecule has 6 heteroatoms. The topological polar surface area (TPSA) is 81.4 Å². The first-order chi connectivity index (χ1) is 8.07. The van der Waals surface area contributed by atoms with Crippen molar-refractivity contribution >= 4 is 10.0 Å². The van der Waals surface area contributed by atoms with Crippen LogP contribution in [-0.2, 0) is 14.8 Å². The van der Waals surface area contributed by atoms with Crippen molar-refractivity contribution in [1.29, 1.82) is 0 Å². The summed E-state index contributed by atoms with van der Waals surface area (Å²) in [6.45, 7) is 0.684. The van der Waals surface area contributed by atoms with Gasteiger partial charge in [0, 0.05) is 18.7 Å². The third-order valence-electron chi connectivity index (χ3n) is 3.58. The van der Waals surface area contributed by atoms with Gasteiger partial charge in [0.25, 0.3) is 0 Å². The Kier molecular flexibility index (Phi) is 4.41. The molecule has 0 aromatic rings. The van der Waals surface area contributed by atoms with Crippen LogP contribution >= 0.6 is 0 Å². The van der Waals surface area contributed by atoms with Gasteiger partial charge in [-0.3, -0.25) is 0 Å². The van der Waals surface area contributed by atoms with E-state index < -0.39 is 10.0 Å². The molecule has 3 atom stereocenters. The SMILES string of the molecule is NC1CCCCC1NS(=O)(=O)CC1CCCO1. The highest BCUT2D eigenvalue weighted by Crippen LogP contribution is 2.19. The van der Waals surface area contributed by atoms with Gasteiger partial charge in [-0.15, -0.1) is 0 Å². The van der Waals surface area contributed by atoms with Crippen LogP contribution in [-0.4, -0.2) is 39.0 Å². The first-order valence-electron chi connectivity index (χ1n) is 6.44. The fourth-order valence-electron chi connectivity index (χ4n) is 2.61. The molecule has 0 aromatic heterocycles. The molecule has 1 heterocycles. The molecule has 100 valence electrons. The Hall–Kier alpha value is -0.170. The lowest BCUT2D eigenvalue weighted by Crippen LogP contribution is -2.50. The van der Waals surface area contributed by atoms with Crippen LogP contribution in [0.4, 0.5) is 0 Å². The molecule has 2 fully saturated rings. The fraction of sp³-hybridized carbons (Fsp3) is 1.00. The van der Waals surface area contributed by atoms with Crippen LogP contribution in [0.2, 0.25) is 0 Å². The fourth-order valence-corrected chi connectivity index (χ4v) is 4.21. The number of nitrogens with two attached hydrogens (primary N) is 1. The van der Waals surface area contributed by atoms with Crippen LogP contribution in [0.3, 0.4) is 0 Å². The summed E-state index contributed by atoms with van der Waals surface area (Å²) >= 11 is 0. The molecular formula is C11H22N2O3S. The van der Waals surface area contributed by atoms with Crippen LogP contribution in [0.5, 0.6) is 0 Å². The molecular weight excluding hydrogens is 240 g/mol. The van der Waals surface area contributed by atoms with Crippen molar-refractivity contribution in [2.75, 3.05) is 12.4 Å². The van der Waals surface area contributed by atoms with E-state index in [0.29, 0.717) is 6.61 Å². The summed E-state index contributed by atoms with van der Waals surface area (Å²) in [4.78, 5) is 0. The minimum absolute atomic E-state index is 0.0389. The molecule has 0 aromatic carbocycles. The zero-order valence-corrected chi connectivity index (χ0v) is 10.9.